The second kappa shape index (κ2) is 19.2. The van der Waals surface area contributed by atoms with Crippen LogP contribution in [-0.2, 0) is 48.2 Å². The fourth-order valence-corrected chi connectivity index (χ4v) is 0.241. The number of rotatable bonds is 3. The quantitative estimate of drug-likeness (QED) is 0.452. The number of hydrogen-bond donors (Lipinski definition) is 1. The standard InChI is InChI=1S/C4H6O5.CH2O3.2Fe.O3Si/c5-2(4(8)9)1-3(6)7;2-1(3)4;;;1-4(2)3/h2,5H,1H2,(H,6,7)(H,8,9);(H2,2,3,4);;;/q;;2*+3;-2/p-4. The molecule has 19 heavy (non-hydrogen) atoms. The zero-order chi connectivity index (χ0) is 14.6. The van der Waals surface area contributed by atoms with Gasteiger partial charge in [-0.05, 0) is 6.16 Å². The van der Waals surface area contributed by atoms with Crippen molar-refractivity contribution in [2.24, 2.45) is 0 Å². The molecule has 0 heterocycles. The molecule has 0 aromatic rings. The molecule has 0 aliphatic heterocycles. The third kappa shape index (κ3) is 79.4. The van der Waals surface area contributed by atoms with E-state index in [2.05, 4.69) is 0 Å². The van der Waals surface area contributed by atoms with Gasteiger partial charge in [0.2, 0.25) is 0 Å². The summed E-state index contributed by atoms with van der Waals surface area (Å²) in [4.78, 5) is 44.5. The van der Waals surface area contributed by atoms with Gasteiger partial charge < -0.3 is 54.0 Å². The van der Waals surface area contributed by atoms with Crippen molar-refractivity contribution in [2.45, 2.75) is 12.5 Å². The van der Waals surface area contributed by atoms with E-state index in [4.69, 9.17) is 34.2 Å². The zero-order valence-electron chi connectivity index (χ0n) is 8.52. The number of carboxylic acid groups (broad SMARTS) is 4. The van der Waals surface area contributed by atoms with Crippen LogP contribution >= 0.6 is 0 Å². The van der Waals surface area contributed by atoms with Crippen LogP contribution in [0.2, 0.25) is 0 Å². The van der Waals surface area contributed by atoms with E-state index in [1.165, 1.54) is 0 Å². The number of carboxylic acids is 2. The van der Waals surface area contributed by atoms with Gasteiger partial charge in [0.05, 0.1) is 12.1 Å². The smallest absolute Gasteiger partial charge is 0.672 e. The summed E-state index contributed by atoms with van der Waals surface area (Å²) in [7, 11) is -3.63. The van der Waals surface area contributed by atoms with Crippen LogP contribution in [0.4, 0.5) is 4.79 Å². The summed E-state index contributed by atoms with van der Waals surface area (Å²) in [5.41, 5.74) is 0. The molecule has 1 unspecified atom stereocenters. The Bertz CT molecular complexity index is 262. The molecular weight excluding hydrogens is 376 g/mol. The van der Waals surface area contributed by atoms with E-state index in [-0.39, 0.29) is 34.1 Å². The predicted molar refractivity (Wildman–Crippen MR) is 32.5 cm³/mol. The maximum Gasteiger partial charge on any atom is 3.00 e. The molecule has 0 saturated carbocycles. The molecule has 1 N–H and O–H groups in total. The van der Waals surface area contributed by atoms with E-state index in [1.807, 2.05) is 0 Å². The second-order valence-corrected chi connectivity index (χ2v) is 2.41. The minimum atomic E-state index is -3.63. The molecular formula is C5H4Fe2O11Si. The first kappa shape index (κ1) is 30.7. The molecule has 0 bridgehead atoms. The summed E-state index contributed by atoms with van der Waals surface area (Å²) < 4.78 is 8.52. The molecule has 0 aliphatic carbocycles. The Labute approximate surface area is 128 Å². The van der Waals surface area contributed by atoms with E-state index >= 15 is 0 Å². The molecule has 0 fully saturated rings. The molecule has 0 rings (SSSR count). The Morgan fingerprint density at radius 2 is 1.21 bits per heavy atom. The van der Waals surface area contributed by atoms with Gasteiger partial charge in [0.1, 0.15) is 0 Å². The summed E-state index contributed by atoms with van der Waals surface area (Å²) in [6.45, 7) is 0. The Morgan fingerprint density at radius 3 is 1.26 bits per heavy atom. The molecule has 0 aliphatic rings. The molecule has 0 amide bonds. The average Bonchev–Trinajstić information content (AvgIpc) is 1.99. The van der Waals surface area contributed by atoms with Crippen LogP contribution in [0.15, 0.2) is 0 Å². The minimum absolute atomic E-state index is 0. The zero-order valence-corrected chi connectivity index (χ0v) is 11.7. The van der Waals surface area contributed by atoms with Crippen molar-refractivity contribution in [1.82, 2.24) is 0 Å². The number of aliphatic hydroxyl groups is 1. The summed E-state index contributed by atoms with van der Waals surface area (Å²) in [5, 5.41) is 44.0. The minimum Gasteiger partial charge on any atom is -0.672 e. The van der Waals surface area contributed by atoms with Gasteiger partial charge in [0.15, 0.2) is 0 Å². The van der Waals surface area contributed by atoms with E-state index in [0.717, 1.165) is 0 Å². The molecule has 0 aromatic heterocycles. The van der Waals surface area contributed by atoms with Gasteiger partial charge in [-0.25, -0.2) is 0 Å². The maximum absolute atomic E-state index is 9.58. The van der Waals surface area contributed by atoms with Crippen LogP contribution in [0, 0.1) is 0 Å². The summed E-state index contributed by atoms with van der Waals surface area (Å²) in [6.07, 6.45) is -5.22. The van der Waals surface area contributed by atoms with Crippen LogP contribution in [0.1, 0.15) is 6.42 Å². The van der Waals surface area contributed by atoms with Gasteiger partial charge >= 0.3 is 34.1 Å². The first-order valence-corrected chi connectivity index (χ1v) is 4.57. The van der Waals surface area contributed by atoms with Crippen molar-refractivity contribution in [3.63, 3.8) is 0 Å². The fraction of sp³-hybridized carbons (Fsp3) is 0.400. The van der Waals surface area contributed by atoms with Crippen LogP contribution in [-0.4, -0.2) is 38.5 Å². The normalized spacial score (nSPS) is 8.47. The first-order chi connectivity index (χ1) is 7.50. The summed E-state index contributed by atoms with van der Waals surface area (Å²) >= 11 is 0. The number of aliphatic carboxylic acids is 2. The van der Waals surface area contributed by atoms with E-state index < -0.39 is 39.8 Å². The molecule has 2 radical (unpaired) electrons. The number of carbonyl (C=O) groups is 3. The third-order valence-corrected chi connectivity index (χ3v) is 0.632. The average molecular weight is 380 g/mol. The van der Waals surface area contributed by atoms with Gasteiger partial charge in [0, 0.05) is 21.6 Å². The van der Waals surface area contributed by atoms with E-state index in [1.54, 1.807) is 0 Å². The topological polar surface area (TPSA) is 227 Å². The van der Waals surface area contributed by atoms with Crippen LogP contribution in [0.3, 0.4) is 0 Å². The van der Waals surface area contributed by atoms with Crippen molar-refractivity contribution < 1.29 is 88.1 Å². The van der Waals surface area contributed by atoms with Gasteiger partial charge in [-0.15, -0.1) is 0 Å². The molecule has 0 aromatic carbocycles. The van der Waals surface area contributed by atoms with Crippen LogP contribution in [0.5, 0.6) is 0 Å². The Kier molecular flexibility index (Phi) is 31.0. The van der Waals surface area contributed by atoms with Crippen LogP contribution in [0.25, 0.3) is 0 Å². The maximum atomic E-state index is 9.58. The molecule has 14 heteroatoms. The molecule has 110 valence electrons. The number of aliphatic hydroxyl groups excluding tert-OH is 1. The van der Waals surface area contributed by atoms with Crippen molar-refractivity contribution in [3.05, 3.63) is 0 Å². The fourth-order valence-electron chi connectivity index (χ4n) is 0.241. The Balaban J connectivity index is -0.0000000560. The second-order valence-electron chi connectivity index (χ2n) is 1.91. The Morgan fingerprint density at radius 1 is 1.00 bits per heavy atom. The summed E-state index contributed by atoms with van der Waals surface area (Å²) in [5.74, 6) is -3.43. The van der Waals surface area contributed by atoms with Crippen molar-refractivity contribution >= 4 is 27.3 Å². The predicted octanol–water partition coefficient (Wildman–Crippen LogP) is -9.09. The summed E-state index contributed by atoms with van der Waals surface area (Å²) in [6, 6.07) is 0. The van der Waals surface area contributed by atoms with Crippen molar-refractivity contribution in [2.75, 3.05) is 0 Å². The number of hydrogen-bond acceptors (Lipinski definition) is 11. The third-order valence-electron chi connectivity index (χ3n) is 0.632. The SMILES string of the molecule is O=C([O-])CC(O)C(=O)[O-].O=C([O-])[O-].O=[Si]([O-])[O-].[Fe+3].[Fe+3]. The van der Waals surface area contributed by atoms with Crippen LogP contribution < -0.4 is 30.0 Å². The van der Waals surface area contributed by atoms with E-state index in [0.29, 0.717) is 0 Å². The number of carbonyl (C=O) groups excluding carboxylic acids is 3. The van der Waals surface area contributed by atoms with Crippen molar-refractivity contribution in [1.29, 1.82) is 0 Å². The largest absolute Gasteiger partial charge is 3.00 e. The van der Waals surface area contributed by atoms with E-state index in [9.17, 15) is 19.8 Å². The van der Waals surface area contributed by atoms with Crippen molar-refractivity contribution in [3.8, 4) is 0 Å². The van der Waals surface area contributed by atoms with Gasteiger partial charge in [-0.2, -0.15) is 0 Å². The monoisotopic (exact) mass is 380 g/mol. The molecule has 1 atom stereocenters. The molecule has 0 saturated heterocycles. The molecule has 0 spiro atoms. The van der Waals surface area contributed by atoms with Gasteiger partial charge in [0.25, 0.3) is 0 Å². The first-order valence-electron chi connectivity index (χ1n) is 3.35. The molecule has 11 nitrogen and oxygen atoms in total. The van der Waals surface area contributed by atoms with Gasteiger partial charge in [-0.3, -0.25) is 0 Å². The Hall–Kier alpha value is -1.17. The van der Waals surface area contributed by atoms with Gasteiger partial charge in [-0.1, -0.05) is 0 Å².